The maximum absolute atomic E-state index is 13.2. The highest BCUT2D eigenvalue weighted by atomic mass is 16.2. The van der Waals surface area contributed by atoms with Crippen LogP contribution in [-0.4, -0.2) is 57.1 Å². The number of aromatic amines is 1. The summed E-state index contributed by atoms with van der Waals surface area (Å²) in [6, 6.07) is 16.7. The van der Waals surface area contributed by atoms with Crippen LogP contribution >= 0.6 is 0 Å². The summed E-state index contributed by atoms with van der Waals surface area (Å²) < 4.78 is 0. The molecule has 6 rings (SSSR count). The fraction of sp³-hybridized carbons (Fsp3) is 0.444. The van der Waals surface area contributed by atoms with Crippen LogP contribution in [0.1, 0.15) is 63.4 Å². The summed E-state index contributed by atoms with van der Waals surface area (Å²) in [5.74, 6) is 2.93. The number of hydrogen-bond acceptors (Lipinski definition) is 4. The molecule has 2 aliphatic heterocycles. The van der Waals surface area contributed by atoms with E-state index in [-0.39, 0.29) is 17.2 Å². The number of benzene rings is 2. The molecule has 2 saturated heterocycles. The number of aryl methyl sites for hydroxylation is 2. The Hall–Kier alpha value is -2.99. The van der Waals surface area contributed by atoms with Gasteiger partial charge in [-0.3, -0.25) is 14.8 Å². The Morgan fingerprint density at radius 2 is 1.85 bits per heavy atom. The number of nitrogens with one attached hydrogen (secondary N) is 1. The minimum Gasteiger partial charge on any atom is -0.337 e. The van der Waals surface area contributed by atoms with Crippen LogP contribution in [0.5, 0.6) is 0 Å². The van der Waals surface area contributed by atoms with Crippen molar-refractivity contribution >= 4 is 5.91 Å². The van der Waals surface area contributed by atoms with Crippen molar-refractivity contribution in [3.8, 4) is 0 Å². The molecule has 1 aliphatic carbocycles. The van der Waals surface area contributed by atoms with Gasteiger partial charge in [-0.25, -0.2) is 4.98 Å². The van der Waals surface area contributed by atoms with E-state index in [2.05, 4.69) is 59.3 Å². The van der Waals surface area contributed by atoms with Gasteiger partial charge in [0.1, 0.15) is 5.82 Å². The van der Waals surface area contributed by atoms with Gasteiger partial charge in [0, 0.05) is 55.5 Å². The summed E-state index contributed by atoms with van der Waals surface area (Å²) in [6.07, 6.45) is 2.40. The van der Waals surface area contributed by atoms with Gasteiger partial charge >= 0.3 is 0 Å². The van der Waals surface area contributed by atoms with Gasteiger partial charge in [0.25, 0.3) is 5.91 Å². The van der Waals surface area contributed by atoms with E-state index in [1.54, 1.807) is 0 Å². The van der Waals surface area contributed by atoms with E-state index in [0.717, 1.165) is 55.5 Å². The van der Waals surface area contributed by atoms with Crippen molar-refractivity contribution in [1.82, 2.24) is 25.0 Å². The number of carbonyl (C=O) groups excluding carboxylic acids is 1. The SMILES string of the molecule is Cc1ccc(C(=O)N2CC3(CN(Cc4ccccc4)CC3c3nc(C4CC4)n[nH]3)C2)cc1C. The molecule has 1 unspecified atom stereocenters. The number of carbonyl (C=O) groups is 1. The fourth-order valence-corrected chi connectivity index (χ4v) is 5.61. The number of likely N-dealkylation sites (tertiary alicyclic amines) is 2. The zero-order chi connectivity index (χ0) is 22.6. The van der Waals surface area contributed by atoms with Crippen LogP contribution in [-0.2, 0) is 6.54 Å². The molecule has 1 saturated carbocycles. The lowest BCUT2D eigenvalue weighted by molar-refractivity contribution is 0.00179. The number of hydrogen-bond donors (Lipinski definition) is 1. The van der Waals surface area contributed by atoms with E-state index < -0.39 is 0 Å². The highest BCUT2D eigenvalue weighted by Gasteiger charge is 2.57. The minimum atomic E-state index is 0.0323. The molecule has 6 nitrogen and oxygen atoms in total. The molecule has 1 N–H and O–H groups in total. The van der Waals surface area contributed by atoms with Gasteiger partial charge in [-0.15, -0.1) is 0 Å². The van der Waals surface area contributed by atoms with Gasteiger partial charge in [-0.1, -0.05) is 36.4 Å². The Morgan fingerprint density at radius 3 is 2.58 bits per heavy atom. The van der Waals surface area contributed by atoms with Crippen LogP contribution < -0.4 is 0 Å². The first-order chi connectivity index (χ1) is 16.0. The van der Waals surface area contributed by atoms with Gasteiger partial charge in [0.15, 0.2) is 5.82 Å². The maximum atomic E-state index is 13.2. The maximum Gasteiger partial charge on any atom is 0.253 e. The molecule has 3 aliphatic rings. The van der Waals surface area contributed by atoms with Crippen LogP contribution in [0.2, 0.25) is 0 Å². The van der Waals surface area contributed by atoms with E-state index in [1.807, 2.05) is 23.1 Å². The first-order valence-corrected chi connectivity index (χ1v) is 12.1. The lowest BCUT2D eigenvalue weighted by Crippen LogP contribution is -2.61. The topological polar surface area (TPSA) is 65.1 Å². The summed E-state index contributed by atoms with van der Waals surface area (Å²) in [4.78, 5) is 22.7. The summed E-state index contributed by atoms with van der Waals surface area (Å²) >= 11 is 0. The summed E-state index contributed by atoms with van der Waals surface area (Å²) in [5, 5.41) is 7.82. The van der Waals surface area contributed by atoms with Gasteiger partial charge in [0.2, 0.25) is 0 Å². The van der Waals surface area contributed by atoms with Crippen molar-refractivity contribution in [3.05, 3.63) is 82.4 Å². The monoisotopic (exact) mass is 441 g/mol. The van der Waals surface area contributed by atoms with Crippen molar-refractivity contribution in [1.29, 1.82) is 0 Å². The molecule has 3 aromatic rings. The number of aromatic nitrogens is 3. The predicted molar refractivity (Wildman–Crippen MR) is 127 cm³/mol. The third-order valence-corrected chi connectivity index (χ3v) is 7.81. The lowest BCUT2D eigenvalue weighted by Gasteiger charge is -2.50. The zero-order valence-corrected chi connectivity index (χ0v) is 19.4. The molecular formula is C27H31N5O. The summed E-state index contributed by atoms with van der Waals surface area (Å²) in [5.41, 5.74) is 4.53. The van der Waals surface area contributed by atoms with Crippen molar-refractivity contribution in [2.24, 2.45) is 5.41 Å². The van der Waals surface area contributed by atoms with Crippen molar-refractivity contribution in [2.75, 3.05) is 26.2 Å². The van der Waals surface area contributed by atoms with Crippen molar-refractivity contribution in [3.63, 3.8) is 0 Å². The standard InChI is InChI=1S/C27H31N5O/c1-18-8-9-22(12-19(18)2)26(33)32-16-27(17-32)15-31(13-20-6-4-3-5-7-20)14-23(27)25-28-24(29-30-25)21-10-11-21/h3-9,12,21,23H,10-11,13-17H2,1-2H3,(H,28,29,30). The second kappa shape index (κ2) is 7.80. The lowest BCUT2D eigenvalue weighted by atomic mass is 9.71. The molecule has 1 atom stereocenters. The quantitative estimate of drug-likeness (QED) is 0.649. The Kier molecular flexibility index (Phi) is 4.87. The Balaban J connectivity index is 1.23. The first kappa shape index (κ1) is 20.6. The summed E-state index contributed by atoms with van der Waals surface area (Å²) in [7, 11) is 0. The van der Waals surface area contributed by atoms with Crippen LogP contribution in [0.4, 0.5) is 0 Å². The first-order valence-electron chi connectivity index (χ1n) is 12.1. The third kappa shape index (κ3) is 3.76. The fourth-order valence-electron chi connectivity index (χ4n) is 5.61. The highest BCUT2D eigenvalue weighted by Crippen LogP contribution is 2.49. The average Bonchev–Trinajstić information content (AvgIpc) is 3.40. The van der Waals surface area contributed by atoms with Gasteiger partial charge in [0.05, 0.1) is 0 Å². The molecule has 3 heterocycles. The van der Waals surface area contributed by atoms with Crippen LogP contribution in [0.25, 0.3) is 0 Å². The van der Waals surface area contributed by atoms with Crippen LogP contribution in [0, 0.1) is 19.3 Å². The molecule has 1 aromatic heterocycles. The van der Waals surface area contributed by atoms with E-state index >= 15 is 0 Å². The molecule has 1 amide bonds. The van der Waals surface area contributed by atoms with Gasteiger partial charge < -0.3 is 4.90 Å². The van der Waals surface area contributed by atoms with Crippen LogP contribution in [0.3, 0.4) is 0 Å². The Morgan fingerprint density at radius 1 is 1.06 bits per heavy atom. The Bertz CT molecular complexity index is 1180. The van der Waals surface area contributed by atoms with Crippen molar-refractivity contribution < 1.29 is 4.79 Å². The zero-order valence-electron chi connectivity index (χ0n) is 19.4. The second-order valence-electron chi connectivity index (χ2n) is 10.4. The number of nitrogens with zero attached hydrogens (tertiary/aromatic N) is 4. The van der Waals surface area contributed by atoms with Crippen molar-refractivity contribution in [2.45, 2.75) is 45.1 Å². The normalized spacial score (nSPS) is 22.0. The molecular weight excluding hydrogens is 410 g/mol. The van der Waals surface area contributed by atoms with E-state index in [4.69, 9.17) is 4.98 Å². The van der Waals surface area contributed by atoms with E-state index in [0.29, 0.717) is 5.92 Å². The van der Waals surface area contributed by atoms with E-state index in [1.165, 1.54) is 24.0 Å². The smallest absolute Gasteiger partial charge is 0.253 e. The predicted octanol–water partition coefficient (Wildman–Crippen LogP) is 4.04. The highest BCUT2D eigenvalue weighted by molar-refractivity contribution is 5.95. The molecule has 170 valence electrons. The molecule has 6 heteroatoms. The average molecular weight is 442 g/mol. The Labute approximate surface area is 195 Å². The van der Waals surface area contributed by atoms with E-state index in [9.17, 15) is 4.79 Å². The van der Waals surface area contributed by atoms with Gasteiger partial charge in [-0.2, -0.15) is 5.10 Å². The molecule has 33 heavy (non-hydrogen) atoms. The number of rotatable bonds is 5. The van der Waals surface area contributed by atoms with Crippen LogP contribution in [0.15, 0.2) is 48.5 Å². The molecule has 3 fully saturated rings. The largest absolute Gasteiger partial charge is 0.337 e. The third-order valence-electron chi connectivity index (χ3n) is 7.81. The minimum absolute atomic E-state index is 0.0323. The number of H-pyrrole nitrogens is 1. The second-order valence-corrected chi connectivity index (χ2v) is 10.4. The summed E-state index contributed by atoms with van der Waals surface area (Å²) in [6.45, 7) is 8.54. The molecule has 1 spiro atoms. The van der Waals surface area contributed by atoms with Gasteiger partial charge in [-0.05, 0) is 55.5 Å². The molecule has 2 aromatic carbocycles. The molecule has 0 radical (unpaired) electrons. The molecule has 0 bridgehead atoms. The number of amides is 1.